The molecule has 0 aliphatic carbocycles. The first-order valence-corrected chi connectivity index (χ1v) is 5.07. The van der Waals surface area contributed by atoms with Gasteiger partial charge in [0.15, 0.2) is 0 Å². The molecule has 0 saturated carbocycles. The van der Waals surface area contributed by atoms with Crippen LogP contribution < -0.4 is 0 Å². The lowest BCUT2D eigenvalue weighted by Crippen LogP contribution is -2.04. The number of thiol groups is 2. The molecule has 68 valence electrons. The second-order valence-electron chi connectivity index (χ2n) is 2.57. The van der Waals surface area contributed by atoms with Gasteiger partial charge in [0.1, 0.15) is 0 Å². The van der Waals surface area contributed by atoms with Gasteiger partial charge in [0.2, 0.25) is 0 Å². The average Bonchev–Trinajstić information content (AvgIpc) is 2.09. The highest BCUT2D eigenvalue weighted by molar-refractivity contribution is 7.99. The molecule has 0 N–H and O–H groups in total. The van der Waals surface area contributed by atoms with Crippen molar-refractivity contribution in [3.8, 4) is 6.07 Å². The minimum Gasteiger partial charge on any atom is -0.198 e. The first-order valence-electron chi connectivity index (χ1n) is 3.66. The van der Waals surface area contributed by atoms with E-state index in [1.807, 2.05) is 12.1 Å². The number of nitriles is 1. The summed E-state index contributed by atoms with van der Waals surface area (Å²) in [6.07, 6.45) is 0. The minimum absolute atomic E-state index is 0.272. The van der Waals surface area contributed by atoms with Crippen LogP contribution in [0.4, 0.5) is 0 Å². The summed E-state index contributed by atoms with van der Waals surface area (Å²) in [6.45, 7) is 0. The largest absolute Gasteiger partial charge is 0.198 e. The molecule has 0 aliphatic heterocycles. The van der Waals surface area contributed by atoms with Gasteiger partial charge >= 0.3 is 0 Å². The summed E-state index contributed by atoms with van der Waals surface area (Å²) in [7, 11) is 0. The zero-order valence-electron chi connectivity index (χ0n) is 6.68. The molecule has 0 spiro atoms. The van der Waals surface area contributed by atoms with Crippen LogP contribution in [-0.4, -0.2) is 4.58 Å². The van der Waals surface area contributed by atoms with Crippen LogP contribution in [0.15, 0.2) is 24.3 Å². The van der Waals surface area contributed by atoms with Crippen LogP contribution in [0, 0.1) is 11.3 Å². The van der Waals surface area contributed by atoms with Crippen molar-refractivity contribution in [1.82, 2.24) is 0 Å². The van der Waals surface area contributed by atoms with Crippen LogP contribution in [0.2, 0.25) is 5.02 Å². The van der Waals surface area contributed by atoms with Crippen LogP contribution in [0.5, 0.6) is 0 Å². The van der Waals surface area contributed by atoms with Crippen LogP contribution >= 0.6 is 36.9 Å². The first kappa shape index (κ1) is 10.8. The molecular formula is C9H8ClNS2. The Morgan fingerprint density at radius 1 is 1.23 bits per heavy atom. The quantitative estimate of drug-likeness (QED) is 0.591. The lowest BCUT2D eigenvalue weighted by molar-refractivity contribution is 0.966. The number of halogens is 1. The minimum atomic E-state index is -0.302. The van der Waals surface area contributed by atoms with Gasteiger partial charge in [-0.25, -0.2) is 0 Å². The third-order valence-electron chi connectivity index (χ3n) is 1.67. The van der Waals surface area contributed by atoms with E-state index < -0.39 is 0 Å². The van der Waals surface area contributed by atoms with Gasteiger partial charge in [0, 0.05) is 5.02 Å². The Labute approximate surface area is 93.5 Å². The van der Waals surface area contributed by atoms with Crippen molar-refractivity contribution in [2.24, 2.45) is 0 Å². The Kier molecular flexibility index (Phi) is 3.98. The molecule has 1 unspecified atom stereocenters. The maximum absolute atomic E-state index is 8.84. The van der Waals surface area contributed by atoms with Crippen LogP contribution in [-0.2, 0) is 0 Å². The Balaban J connectivity index is 2.94. The molecule has 0 bridgehead atoms. The van der Waals surface area contributed by atoms with E-state index in [9.17, 15) is 0 Å². The van der Waals surface area contributed by atoms with E-state index in [1.165, 1.54) is 0 Å². The van der Waals surface area contributed by atoms with E-state index in [0.29, 0.717) is 5.02 Å². The summed E-state index contributed by atoms with van der Waals surface area (Å²) in [6, 6.07) is 9.28. The molecule has 0 aliphatic rings. The van der Waals surface area contributed by atoms with Crippen molar-refractivity contribution in [3.63, 3.8) is 0 Å². The average molecular weight is 230 g/mol. The van der Waals surface area contributed by atoms with Crippen molar-refractivity contribution in [3.05, 3.63) is 34.9 Å². The van der Waals surface area contributed by atoms with Gasteiger partial charge in [0.25, 0.3) is 0 Å². The first-order chi connectivity index (χ1) is 6.15. The standard InChI is InChI=1S/C9H8ClNS2/c10-7-3-1-6(2-4-7)8(5-11)9(12)13/h1-4,8-9,12-13H. The SMILES string of the molecule is N#CC(c1ccc(Cl)cc1)C(S)S. The molecule has 1 aromatic rings. The molecule has 1 nitrogen and oxygen atoms in total. The fraction of sp³-hybridized carbons (Fsp3) is 0.222. The Hall–Kier alpha value is -0.300. The molecule has 0 saturated heterocycles. The van der Waals surface area contributed by atoms with Crippen molar-refractivity contribution in [2.45, 2.75) is 10.5 Å². The topological polar surface area (TPSA) is 23.8 Å². The van der Waals surface area contributed by atoms with Crippen LogP contribution in [0.3, 0.4) is 0 Å². The van der Waals surface area contributed by atoms with Gasteiger partial charge in [-0.15, -0.1) is 0 Å². The van der Waals surface area contributed by atoms with Gasteiger partial charge in [-0.05, 0) is 17.7 Å². The lowest BCUT2D eigenvalue weighted by Gasteiger charge is -2.11. The lowest BCUT2D eigenvalue weighted by atomic mass is 10.0. The summed E-state index contributed by atoms with van der Waals surface area (Å²) in [5.74, 6) is -0.302. The molecule has 4 heteroatoms. The fourth-order valence-electron chi connectivity index (χ4n) is 0.983. The Bertz CT molecular complexity index is 315. The fourth-order valence-corrected chi connectivity index (χ4v) is 1.59. The molecule has 1 rings (SSSR count). The molecule has 0 aromatic heterocycles. The highest BCUT2D eigenvalue weighted by Crippen LogP contribution is 2.26. The molecule has 1 atom stereocenters. The monoisotopic (exact) mass is 229 g/mol. The maximum Gasteiger partial charge on any atom is 0.0917 e. The maximum atomic E-state index is 8.84. The zero-order chi connectivity index (χ0) is 9.84. The Morgan fingerprint density at radius 2 is 1.77 bits per heavy atom. The highest BCUT2D eigenvalue weighted by atomic mass is 35.5. The number of hydrogen-bond acceptors (Lipinski definition) is 3. The van der Waals surface area contributed by atoms with Gasteiger partial charge in [0.05, 0.1) is 16.6 Å². The summed E-state index contributed by atoms with van der Waals surface area (Å²) in [5, 5.41) is 9.50. The third-order valence-corrected chi connectivity index (χ3v) is 2.51. The summed E-state index contributed by atoms with van der Waals surface area (Å²) < 4.78 is -0.272. The van der Waals surface area contributed by atoms with Crippen molar-refractivity contribution in [1.29, 1.82) is 5.26 Å². The van der Waals surface area contributed by atoms with Crippen molar-refractivity contribution < 1.29 is 0 Å². The summed E-state index contributed by atoms with van der Waals surface area (Å²) in [5.41, 5.74) is 0.891. The smallest absolute Gasteiger partial charge is 0.0917 e. The van der Waals surface area contributed by atoms with Gasteiger partial charge in [-0.1, -0.05) is 23.7 Å². The van der Waals surface area contributed by atoms with E-state index in [0.717, 1.165) is 5.56 Å². The second kappa shape index (κ2) is 4.80. The van der Waals surface area contributed by atoms with Crippen molar-refractivity contribution in [2.75, 3.05) is 0 Å². The second-order valence-corrected chi connectivity index (χ2v) is 4.53. The van der Waals surface area contributed by atoms with Gasteiger partial charge < -0.3 is 0 Å². The molecule has 0 amide bonds. The van der Waals surface area contributed by atoms with E-state index in [-0.39, 0.29) is 10.5 Å². The molecule has 0 radical (unpaired) electrons. The van der Waals surface area contributed by atoms with Crippen molar-refractivity contribution >= 4 is 36.9 Å². The molecule has 0 heterocycles. The highest BCUT2D eigenvalue weighted by Gasteiger charge is 2.15. The number of benzene rings is 1. The van der Waals surface area contributed by atoms with E-state index in [2.05, 4.69) is 31.3 Å². The Morgan fingerprint density at radius 3 is 2.15 bits per heavy atom. The normalized spacial score (nSPS) is 12.5. The summed E-state index contributed by atoms with van der Waals surface area (Å²) >= 11 is 14.0. The predicted molar refractivity (Wildman–Crippen MR) is 61.6 cm³/mol. The number of rotatable bonds is 2. The van der Waals surface area contributed by atoms with Crippen LogP contribution in [0.25, 0.3) is 0 Å². The number of nitrogens with zero attached hydrogens (tertiary/aromatic N) is 1. The molecule has 1 aromatic carbocycles. The zero-order valence-corrected chi connectivity index (χ0v) is 9.23. The van der Waals surface area contributed by atoms with Crippen LogP contribution in [0.1, 0.15) is 11.5 Å². The third kappa shape index (κ3) is 2.84. The van der Waals surface area contributed by atoms with E-state index in [1.54, 1.807) is 12.1 Å². The molecular weight excluding hydrogens is 222 g/mol. The van der Waals surface area contributed by atoms with E-state index in [4.69, 9.17) is 16.9 Å². The van der Waals surface area contributed by atoms with Gasteiger partial charge in [-0.2, -0.15) is 30.5 Å². The van der Waals surface area contributed by atoms with Gasteiger partial charge in [-0.3, -0.25) is 0 Å². The molecule has 13 heavy (non-hydrogen) atoms. The van der Waals surface area contributed by atoms with E-state index >= 15 is 0 Å². The summed E-state index contributed by atoms with van der Waals surface area (Å²) in [4.78, 5) is 0. The predicted octanol–water partition coefficient (Wildman–Crippen LogP) is 3.13. The number of hydrogen-bond donors (Lipinski definition) is 2. The molecule has 0 fully saturated rings.